The summed E-state index contributed by atoms with van der Waals surface area (Å²) in [6.45, 7) is 6.77. The van der Waals surface area contributed by atoms with Gasteiger partial charge in [-0.25, -0.2) is 0 Å². The highest BCUT2D eigenvalue weighted by Gasteiger charge is 2.10. The summed E-state index contributed by atoms with van der Waals surface area (Å²) in [4.78, 5) is 0. The summed E-state index contributed by atoms with van der Waals surface area (Å²) >= 11 is 0. The molecule has 0 amide bonds. The van der Waals surface area contributed by atoms with Crippen molar-refractivity contribution in [3.8, 4) is 11.5 Å². The van der Waals surface area contributed by atoms with E-state index in [0.29, 0.717) is 13.2 Å². The minimum absolute atomic E-state index is 0.549. The topological polar surface area (TPSA) is 38.7 Å². The molecule has 0 heterocycles. The summed E-state index contributed by atoms with van der Waals surface area (Å²) < 4.78 is 10.8. The molecule has 1 N–H and O–H groups in total. The van der Waals surface area contributed by atoms with E-state index in [4.69, 9.17) is 9.47 Å². The van der Waals surface area contributed by atoms with Gasteiger partial charge < -0.3 is 14.6 Å². The van der Waals surface area contributed by atoms with Gasteiger partial charge in [-0.1, -0.05) is 0 Å². The summed E-state index contributed by atoms with van der Waals surface area (Å²) in [5, 5.41) is 9.59. The fourth-order valence-corrected chi connectivity index (χ4v) is 1.40. The van der Waals surface area contributed by atoms with Gasteiger partial charge in [0.05, 0.1) is 19.3 Å². The van der Waals surface area contributed by atoms with Gasteiger partial charge >= 0.3 is 0 Å². The third-order valence-electron chi connectivity index (χ3n) is 2.04. The van der Waals surface area contributed by atoms with Crippen LogP contribution in [-0.2, 0) is 0 Å². The molecule has 3 nitrogen and oxygen atoms in total. The molecule has 1 aromatic carbocycles. The Bertz CT molecular complexity index is 308. The normalized spacial score (nSPS) is 12.3. The lowest BCUT2D eigenvalue weighted by molar-refractivity contribution is 0.191. The van der Waals surface area contributed by atoms with E-state index in [9.17, 15) is 5.11 Å². The zero-order chi connectivity index (χ0) is 11.3. The Balaban J connectivity index is 2.97. The number of rotatable bonds is 5. The highest BCUT2D eigenvalue weighted by Crippen LogP contribution is 2.29. The standard InChI is InChI=1S/C12H18O3/c1-4-14-10-6-7-12(15-5-2)11(8-10)9(3)13/h6-9,13H,4-5H2,1-3H3/t9-/m1/s1. The lowest BCUT2D eigenvalue weighted by Crippen LogP contribution is -2.01. The van der Waals surface area contributed by atoms with Crippen LogP contribution in [0.4, 0.5) is 0 Å². The molecule has 0 fully saturated rings. The predicted octanol–water partition coefficient (Wildman–Crippen LogP) is 2.54. The molecule has 0 aromatic heterocycles. The maximum atomic E-state index is 9.59. The summed E-state index contributed by atoms with van der Waals surface area (Å²) in [6.07, 6.45) is -0.549. The lowest BCUT2D eigenvalue weighted by atomic mass is 10.1. The third kappa shape index (κ3) is 3.13. The van der Waals surface area contributed by atoms with Crippen LogP contribution in [0.2, 0.25) is 0 Å². The first-order valence-electron chi connectivity index (χ1n) is 5.26. The molecule has 1 aromatic rings. The van der Waals surface area contributed by atoms with Crippen LogP contribution < -0.4 is 9.47 Å². The van der Waals surface area contributed by atoms with E-state index in [1.165, 1.54) is 0 Å². The van der Waals surface area contributed by atoms with Crippen molar-refractivity contribution in [2.75, 3.05) is 13.2 Å². The number of hydrogen-bond acceptors (Lipinski definition) is 3. The Morgan fingerprint density at radius 3 is 2.40 bits per heavy atom. The molecule has 84 valence electrons. The molecule has 0 unspecified atom stereocenters. The molecule has 0 bridgehead atoms. The number of benzene rings is 1. The zero-order valence-electron chi connectivity index (χ0n) is 9.49. The van der Waals surface area contributed by atoms with E-state index in [-0.39, 0.29) is 0 Å². The van der Waals surface area contributed by atoms with Crippen molar-refractivity contribution in [2.45, 2.75) is 26.9 Å². The van der Waals surface area contributed by atoms with Crippen molar-refractivity contribution in [1.82, 2.24) is 0 Å². The minimum atomic E-state index is -0.549. The molecule has 0 saturated heterocycles. The summed E-state index contributed by atoms with van der Waals surface area (Å²) in [5.74, 6) is 1.48. The molecule has 3 heteroatoms. The quantitative estimate of drug-likeness (QED) is 0.811. The van der Waals surface area contributed by atoms with Gasteiger partial charge in [0.2, 0.25) is 0 Å². The molecule has 0 aliphatic heterocycles. The Kier molecular flexibility index (Phi) is 4.43. The third-order valence-corrected chi connectivity index (χ3v) is 2.04. The van der Waals surface area contributed by atoms with Crippen LogP contribution in [0.15, 0.2) is 18.2 Å². The van der Waals surface area contributed by atoms with Gasteiger partial charge in [0, 0.05) is 5.56 Å². The van der Waals surface area contributed by atoms with E-state index in [2.05, 4.69) is 0 Å². The molecule has 15 heavy (non-hydrogen) atoms. The molecule has 0 saturated carbocycles. The second-order valence-electron chi connectivity index (χ2n) is 3.24. The number of aliphatic hydroxyl groups is 1. The van der Waals surface area contributed by atoms with E-state index in [0.717, 1.165) is 17.1 Å². The lowest BCUT2D eigenvalue weighted by Gasteiger charge is -2.14. The first kappa shape index (κ1) is 11.9. The molecular weight excluding hydrogens is 192 g/mol. The second kappa shape index (κ2) is 5.61. The van der Waals surface area contributed by atoms with Crippen molar-refractivity contribution in [1.29, 1.82) is 0 Å². The van der Waals surface area contributed by atoms with E-state index < -0.39 is 6.10 Å². The maximum Gasteiger partial charge on any atom is 0.125 e. The van der Waals surface area contributed by atoms with Crippen LogP contribution >= 0.6 is 0 Å². The molecular formula is C12H18O3. The largest absolute Gasteiger partial charge is 0.494 e. The van der Waals surface area contributed by atoms with E-state index >= 15 is 0 Å². The average Bonchev–Trinajstić information content (AvgIpc) is 2.21. The first-order chi connectivity index (χ1) is 7.19. The monoisotopic (exact) mass is 210 g/mol. The van der Waals surface area contributed by atoms with Crippen molar-refractivity contribution < 1.29 is 14.6 Å². The van der Waals surface area contributed by atoms with Gasteiger partial charge in [0.1, 0.15) is 11.5 Å². The molecule has 1 rings (SSSR count). The van der Waals surface area contributed by atoms with E-state index in [1.54, 1.807) is 6.92 Å². The van der Waals surface area contributed by atoms with Crippen LogP contribution in [0.25, 0.3) is 0 Å². The highest BCUT2D eigenvalue weighted by atomic mass is 16.5. The minimum Gasteiger partial charge on any atom is -0.494 e. The molecule has 0 aliphatic rings. The van der Waals surface area contributed by atoms with Gasteiger partial charge in [-0.05, 0) is 39.0 Å². The Hall–Kier alpha value is -1.22. The van der Waals surface area contributed by atoms with Crippen molar-refractivity contribution >= 4 is 0 Å². The zero-order valence-corrected chi connectivity index (χ0v) is 9.49. The van der Waals surface area contributed by atoms with Crippen LogP contribution in [0, 0.1) is 0 Å². The number of aliphatic hydroxyl groups excluding tert-OH is 1. The average molecular weight is 210 g/mol. The Morgan fingerprint density at radius 2 is 1.87 bits per heavy atom. The second-order valence-corrected chi connectivity index (χ2v) is 3.24. The Labute approximate surface area is 90.6 Å². The van der Waals surface area contributed by atoms with Crippen molar-refractivity contribution in [3.05, 3.63) is 23.8 Å². The van der Waals surface area contributed by atoms with Crippen molar-refractivity contribution in [2.24, 2.45) is 0 Å². The van der Waals surface area contributed by atoms with Gasteiger partial charge in [-0.2, -0.15) is 0 Å². The molecule has 0 radical (unpaired) electrons. The number of ether oxygens (including phenoxy) is 2. The summed E-state index contributed by atoms with van der Waals surface area (Å²) in [5.41, 5.74) is 0.766. The van der Waals surface area contributed by atoms with E-state index in [1.807, 2.05) is 32.0 Å². The van der Waals surface area contributed by atoms with Gasteiger partial charge in [-0.3, -0.25) is 0 Å². The number of hydrogen-bond donors (Lipinski definition) is 1. The van der Waals surface area contributed by atoms with Gasteiger partial charge in [0.15, 0.2) is 0 Å². The highest BCUT2D eigenvalue weighted by molar-refractivity contribution is 5.41. The summed E-state index contributed by atoms with van der Waals surface area (Å²) in [6, 6.07) is 5.50. The molecule has 0 spiro atoms. The smallest absolute Gasteiger partial charge is 0.125 e. The fraction of sp³-hybridized carbons (Fsp3) is 0.500. The van der Waals surface area contributed by atoms with Crippen LogP contribution in [0.3, 0.4) is 0 Å². The van der Waals surface area contributed by atoms with Gasteiger partial charge in [0.25, 0.3) is 0 Å². The predicted molar refractivity (Wildman–Crippen MR) is 59.4 cm³/mol. The Morgan fingerprint density at radius 1 is 1.20 bits per heavy atom. The molecule has 1 atom stereocenters. The summed E-state index contributed by atoms with van der Waals surface area (Å²) in [7, 11) is 0. The first-order valence-corrected chi connectivity index (χ1v) is 5.26. The van der Waals surface area contributed by atoms with Crippen LogP contribution in [0.1, 0.15) is 32.4 Å². The SMILES string of the molecule is CCOc1ccc(OCC)c([C@@H](C)O)c1. The van der Waals surface area contributed by atoms with Crippen LogP contribution in [0.5, 0.6) is 11.5 Å². The van der Waals surface area contributed by atoms with Crippen LogP contribution in [-0.4, -0.2) is 18.3 Å². The fourth-order valence-electron chi connectivity index (χ4n) is 1.40. The molecule has 0 aliphatic carbocycles. The van der Waals surface area contributed by atoms with Gasteiger partial charge in [-0.15, -0.1) is 0 Å². The van der Waals surface area contributed by atoms with Crippen molar-refractivity contribution in [3.63, 3.8) is 0 Å². The maximum absolute atomic E-state index is 9.59.